The molecule has 0 atom stereocenters. The van der Waals surface area contributed by atoms with Gasteiger partial charge in [0.15, 0.2) is 0 Å². The highest BCUT2D eigenvalue weighted by molar-refractivity contribution is 6.04. The van der Waals surface area contributed by atoms with Crippen LogP contribution in [0.25, 0.3) is 0 Å². The highest BCUT2D eigenvalue weighted by Gasteiger charge is 2.23. The van der Waals surface area contributed by atoms with Crippen LogP contribution in [-0.2, 0) is 6.54 Å². The molecule has 0 saturated heterocycles. The van der Waals surface area contributed by atoms with Crippen LogP contribution in [-0.4, -0.2) is 18.1 Å². The van der Waals surface area contributed by atoms with E-state index in [0.29, 0.717) is 12.4 Å². The van der Waals surface area contributed by atoms with Crippen molar-refractivity contribution < 1.29 is 9.53 Å². The van der Waals surface area contributed by atoms with E-state index in [-0.39, 0.29) is 6.03 Å². The van der Waals surface area contributed by atoms with E-state index in [1.807, 2.05) is 30.3 Å². The molecule has 0 unspecified atom stereocenters. The van der Waals surface area contributed by atoms with E-state index in [1.165, 1.54) is 0 Å². The number of carbonyl (C=O) groups is 1. The number of para-hydroxylation sites is 1. The normalized spacial score (nSPS) is 13.7. The number of aromatic nitrogens is 1. The number of carbonyl (C=O) groups excluding carboxylic acids is 1. The van der Waals surface area contributed by atoms with E-state index >= 15 is 0 Å². The van der Waals surface area contributed by atoms with Gasteiger partial charge in [-0.2, -0.15) is 0 Å². The largest absolute Gasteiger partial charge is 0.481 e. The topological polar surface area (TPSA) is 54.5 Å². The third-order valence-electron chi connectivity index (χ3n) is 3.07. The number of fused-ring (bicyclic) bond motifs is 1. The predicted octanol–water partition coefficient (Wildman–Crippen LogP) is 2.64. The Bertz CT molecular complexity index is 610. The van der Waals surface area contributed by atoms with Crippen LogP contribution in [0.3, 0.4) is 0 Å². The number of ether oxygens (including phenoxy) is 1. The standard InChI is InChI=1S/C14H13N3O2/c1-19-13-7-6-11(8-15-13)17-9-10-4-2-3-5-12(10)16-14(17)18/h2-8H,9H2,1H3,(H,16,18). The summed E-state index contributed by atoms with van der Waals surface area (Å²) in [6.07, 6.45) is 1.63. The minimum atomic E-state index is -0.148. The molecule has 96 valence electrons. The average molecular weight is 255 g/mol. The fourth-order valence-electron chi connectivity index (χ4n) is 2.07. The molecule has 0 bridgehead atoms. The van der Waals surface area contributed by atoms with Crippen LogP contribution in [0.15, 0.2) is 42.6 Å². The molecule has 1 aliphatic rings. The Morgan fingerprint density at radius 2 is 2.11 bits per heavy atom. The first-order valence-corrected chi connectivity index (χ1v) is 5.94. The number of rotatable bonds is 2. The predicted molar refractivity (Wildman–Crippen MR) is 72.4 cm³/mol. The van der Waals surface area contributed by atoms with Gasteiger partial charge in [-0.15, -0.1) is 0 Å². The third kappa shape index (κ3) is 2.10. The highest BCUT2D eigenvalue weighted by atomic mass is 16.5. The lowest BCUT2D eigenvalue weighted by atomic mass is 10.1. The molecule has 2 aromatic rings. The zero-order valence-corrected chi connectivity index (χ0v) is 10.5. The highest BCUT2D eigenvalue weighted by Crippen LogP contribution is 2.27. The van der Waals surface area contributed by atoms with E-state index in [9.17, 15) is 4.79 Å². The number of nitrogens with one attached hydrogen (secondary N) is 1. The SMILES string of the molecule is COc1ccc(N2Cc3ccccc3NC2=O)cn1. The number of pyridine rings is 1. The van der Waals surface area contributed by atoms with Crippen LogP contribution >= 0.6 is 0 Å². The van der Waals surface area contributed by atoms with Gasteiger partial charge >= 0.3 is 6.03 Å². The third-order valence-corrected chi connectivity index (χ3v) is 3.07. The fourth-order valence-corrected chi connectivity index (χ4v) is 2.07. The second-order valence-electron chi connectivity index (χ2n) is 4.23. The van der Waals surface area contributed by atoms with E-state index < -0.39 is 0 Å². The first-order valence-electron chi connectivity index (χ1n) is 5.94. The van der Waals surface area contributed by atoms with Crippen LogP contribution < -0.4 is 15.0 Å². The molecule has 1 aromatic carbocycles. The molecule has 0 fully saturated rings. The van der Waals surface area contributed by atoms with Gasteiger partial charge in [0.25, 0.3) is 0 Å². The number of methoxy groups -OCH3 is 1. The van der Waals surface area contributed by atoms with E-state index in [4.69, 9.17) is 4.74 Å². The lowest BCUT2D eigenvalue weighted by molar-refractivity contribution is 0.256. The second kappa shape index (κ2) is 4.61. The maximum absolute atomic E-state index is 12.1. The van der Waals surface area contributed by atoms with Crippen molar-refractivity contribution in [2.75, 3.05) is 17.3 Å². The maximum atomic E-state index is 12.1. The van der Waals surface area contributed by atoms with Gasteiger partial charge in [-0.05, 0) is 17.7 Å². The molecule has 1 N–H and O–H groups in total. The Hall–Kier alpha value is -2.56. The summed E-state index contributed by atoms with van der Waals surface area (Å²) in [5, 5.41) is 2.87. The minimum absolute atomic E-state index is 0.148. The zero-order valence-electron chi connectivity index (χ0n) is 10.5. The summed E-state index contributed by atoms with van der Waals surface area (Å²) >= 11 is 0. The maximum Gasteiger partial charge on any atom is 0.326 e. The number of benzene rings is 1. The molecule has 5 nitrogen and oxygen atoms in total. The fraction of sp³-hybridized carbons (Fsp3) is 0.143. The quantitative estimate of drug-likeness (QED) is 0.897. The summed E-state index contributed by atoms with van der Waals surface area (Å²) in [6, 6.07) is 11.2. The van der Waals surface area contributed by atoms with Crippen molar-refractivity contribution in [3.05, 3.63) is 48.2 Å². The number of nitrogens with zero attached hydrogens (tertiary/aromatic N) is 2. The molecule has 0 saturated carbocycles. The molecule has 1 aromatic heterocycles. The van der Waals surface area contributed by atoms with Gasteiger partial charge in [-0.3, -0.25) is 4.90 Å². The van der Waals surface area contributed by atoms with Gasteiger partial charge < -0.3 is 10.1 Å². The summed E-state index contributed by atoms with van der Waals surface area (Å²) in [7, 11) is 1.56. The van der Waals surface area contributed by atoms with Crippen molar-refractivity contribution in [2.24, 2.45) is 0 Å². The van der Waals surface area contributed by atoms with Crippen LogP contribution in [0.1, 0.15) is 5.56 Å². The number of urea groups is 1. The number of anilines is 2. The summed E-state index contributed by atoms with van der Waals surface area (Å²) < 4.78 is 5.01. The number of hydrogen-bond donors (Lipinski definition) is 1. The summed E-state index contributed by atoms with van der Waals surface area (Å²) in [4.78, 5) is 17.8. The van der Waals surface area contributed by atoms with Crippen LogP contribution in [0, 0.1) is 0 Å². The molecule has 0 aliphatic carbocycles. The van der Waals surface area contributed by atoms with Gasteiger partial charge in [-0.1, -0.05) is 18.2 Å². The smallest absolute Gasteiger partial charge is 0.326 e. The van der Waals surface area contributed by atoms with Crippen molar-refractivity contribution in [1.29, 1.82) is 0 Å². The van der Waals surface area contributed by atoms with Gasteiger partial charge in [0, 0.05) is 11.8 Å². The van der Waals surface area contributed by atoms with Gasteiger partial charge in [-0.25, -0.2) is 9.78 Å². The van der Waals surface area contributed by atoms with E-state index in [2.05, 4.69) is 10.3 Å². The summed E-state index contributed by atoms with van der Waals surface area (Å²) in [5.41, 5.74) is 2.69. The van der Waals surface area contributed by atoms with Crippen molar-refractivity contribution in [1.82, 2.24) is 4.98 Å². The Balaban J connectivity index is 1.91. The van der Waals surface area contributed by atoms with Crippen molar-refractivity contribution >= 4 is 17.4 Å². The van der Waals surface area contributed by atoms with Gasteiger partial charge in [0.05, 0.1) is 25.5 Å². The van der Waals surface area contributed by atoms with E-state index in [0.717, 1.165) is 16.9 Å². The molecular formula is C14H13N3O2. The average Bonchev–Trinajstić information content (AvgIpc) is 2.47. The molecule has 0 radical (unpaired) electrons. The monoisotopic (exact) mass is 255 g/mol. The molecule has 5 heteroatoms. The first kappa shape index (κ1) is 11.5. The Morgan fingerprint density at radius 1 is 1.26 bits per heavy atom. The lowest BCUT2D eigenvalue weighted by Gasteiger charge is -2.29. The van der Waals surface area contributed by atoms with Crippen molar-refractivity contribution in [3.8, 4) is 5.88 Å². The van der Waals surface area contributed by atoms with Crippen LogP contribution in [0.5, 0.6) is 5.88 Å². The van der Waals surface area contributed by atoms with Gasteiger partial charge in [0.1, 0.15) is 0 Å². The van der Waals surface area contributed by atoms with Crippen LogP contribution in [0.2, 0.25) is 0 Å². The van der Waals surface area contributed by atoms with Crippen molar-refractivity contribution in [3.63, 3.8) is 0 Å². The van der Waals surface area contributed by atoms with Gasteiger partial charge in [0.2, 0.25) is 5.88 Å². The number of hydrogen-bond acceptors (Lipinski definition) is 3. The Kier molecular flexibility index (Phi) is 2.79. The molecular weight excluding hydrogens is 242 g/mol. The lowest BCUT2D eigenvalue weighted by Crippen LogP contribution is -2.38. The summed E-state index contributed by atoms with van der Waals surface area (Å²) in [5.74, 6) is 0.529. The molecule has 0 spiro atoms. The molecule has 3 rings (SSSR count). The van der Waals surface area contributed by atoms with E-state index in [1.54, 1.807) is 24.3 Å². The minimum Gasteiger partial charge on any atom is -0.481 e. The summed E-state index contributed by atoms with van der Waals surface area (Å²) in [6.45, 7) is 0.538. The second-order valence-corrected chi connectivity index (χ2v) is 4.23. The Labute approximate surface area is 110 Å². The molecule has 2 heterocycles. The Morgan fingerprint density at radius 3 is 2.84 bits per heavy atom. The molecule has 1 aliphatic heterocycles. The van der Waals surface area contributed by atoms with Crippen molar-refractivity contribution in [2.45, 2.75) is 6.54 Å². The molecule has 2 amide bonds. The zero-order chi connectivity index (χ0) is 13.2. The molecule has 19 heavy (non-hydrogen) atoms. The first-order chi connectivity index (χ1) is 9.28. The number of amides is 2. The van der Waals surface area contributed by atoms with Crippen LogP contribution in [0.4, 0.5) is 16.2 Å².